The number of ether oxygens (including phenoxy) is 3. The Hall–Kier alpha value is -1.26. The molecule has 0 bridgehead atoms. The maximum absolute atomic E-state index is 9.20. The molecule has 1 heterocycles. The molecule has 1 aromatic rings. The summed E-state index contributed by atoms with van der Waals surface area (Å²) in [5.74, 6) is 1.44. The minimum atomic E-state index is -0.443. The number of hydrogen-bond donors (Lipinski definition) is 1. The molecule has 0 radical (unpaired) electrons. The van der Waals surface area contributed by atoms with Crippen molar-refractivity contribution in [2.24, 2.45) is 0 Å². The Morgan fingerprint density at radius 1 is 1.28 bits per heavy atom. The molecule has 0 aromatic heterocycles. The van der Waals surface area contributed by atoms with Gasteiger partial charge in [-0.3, -0.25) is 0 Å². The van der Waals surface area contributed by atoms with Crippen LogP contribution >= 0.6 is 0 Å². The van der Waals surface area contributed by atoms with Crippen molar-refractivity contribution in [3.63, 3.8) is 0 Å². The Balaban J connectivity index is 2.50. The molecule has 1 aromatic carbocycles. The average molecular weight is 252 g/mol. The SMILES string of the molecule is COc1cc2c(cc1OC)[C@](C)(CCO)OCC2. The predicted molar refractivity (Wildman–Crippen MR) is 68.3 cm³/mol. The first kappa shape index (κ1) is 13.2. The number of hydrogen-bond acceptors (Lipinski definition) is 4. The van der Waals surface area contributed by atoms with Crippen LogP contribution in [0.25, 0.3) is 0 Å². The molecule has 1 aliphatic rings. The minimum absolute atomic E-state index is 0.101. The second-order valence-electron chi connectivity index (χ2n) is 4.67. The first-order chi connectivity index (χ1) is 8.64. The summed E-state index contributed by atoms with van der Waals surface area (Å²) in [6.07, 6.45) is 1.44. The summed E-state index contributed by atoms with van der Waals surface area (Å²) in [6.45, 7) is 2.77. The Labute approximate surface area is 107 Å². The molecular weight excluding hydrogens is 232 g/mol. The van der Waals surface area contributed by atoms with Crippen LogP contribution in [0.2, 0.25) is 0 Å². The van der Waals surface area contributed by atoms with Crippen molar-refractivity contribution in [3.8, 4) is 11.5 Å². The van der Waals surface area contributed by atoms with Crippen LogP contribution in [0.5, 0.6) is 11.5 Å². The smallest absolute Gasteiger partial charge is 0.161 e. The maximum atomic E-state index is 9.20. The summed E-state index contributed by atoms with van der Waals surface area (Å²) in [5.41, 5.74) is 1.84. The highest BCUT2D eigenvalue weighted by atomic mass is 16.5. The van der Waals surface area contributed by atoms with E-state index in [4.69, 9.17) is 14.2 Å². The van der Waals surface area contributed by atoms with Gasteiger partial charge >= 0.3 is 0 Å². The highest BCUT2D eigenvalue weighted by Crippen LogP contribution is 2.41. The highest BCUT2D eigenvalue weighted by molar-refractivity contribution is 5.50. The van der Waals surface area contributed by atoms with Gasteiger partial charge in [0.15, 0.2) is 11.5 Å². The van der Waals surface area contributed by atoms with Crippen molar-refractivity contribution < 1.29 is 19.3 Å². The molecule has 1 N–H and O–H groups in total. The van der Waals surface area contributed by atoms with Crippen molar-refractivity contribution in [1.82, 2.24) is 0 Å². The fourth-order valence-corrected chi connectivity index (χ4v) is 2.50. The minimum Gasteiger partial charge on any atom is -0.493 e. The van der Waals surface area contributed by atoms with Crippen LogP contribution in [0.1, 0.15) is 24.5 Å². The van der Waals surface area contributed by atoms with E-state index in [0.29, 0.717) is 18.8 Å². The zero-order valence-corrected chi connectivity index (χ0v) is 11.2. The predicted octanol–water partition coefficient (Wildman–Crippen LogP) is 1.87. The van der Waals surface area contributed by atoms with Crippen LogP contribution in [0.15, 0.2) is 12.1 Å². The fourth-order valence-electron chi connectivity index (χ4n) is 2.50. The lowest BCUT2D eigenvalue weighted by Gasteiger charge is -2.36. The Morgan fingerprint density at radius 3 is 2.56 bits per heavy atom. The standard InChI is InChI=1S/C14H20O4/c1-14(5-6-15)11-9-13(17-3)12(16-2)8-10(11)4-7-18-14/h8-9,15H,4-7H2,1-3H3/t14-/m0/s1. The van der Waals surface area contributed by atoms with E-state index in [2.05, 4.69) is 0 Å². The summed E-state index contributed by atoms with van der Waals surface area (Å²) in [6, 6.07) is 3.97. The summed E-state index contributed by atoms with van der Waals surface area (Å²) in [5, 5.41) is 9.20. The van der Waals surface area contributed by atoms with Crippen LogP contribution in [0, 0.1) is 0 Å². The molecule has 0 unspecified atom stereocenters. The van der Waals surface area contributed by atoms with Gasteiger partial charge in [-0.2, -0.15) is 0 Å². The Kier molecular flexibility index (Phi) is 3.78. The van der Waals surface area contributed by atoms with Gasteiger partial charge < -0.3 is 19.3 Å². The lowest BCUT2D eigenvalue weighted by Crippen LogP contribution is -2.33. The number of aliphatic hydroxyl groups is 1. The van der Waals surface area contributed by atoms with Gasteiger partial charge in [0.1, 0.15) is 0 Å². The fraction of sp³-hybridized carbons (Fsp3) is 0.571. The summed E-state index contributed by atoms with van der Waals surface area (Å²) in [7, 11) is 3.26. The van der Waals surface area contributed by atoms with E-state index in [9.17, 15) is 5.11 Å². The van der Waals surface area contributed by atoms with Crippen molar-refractivity contribution in [1.29, 1.82) is 0 Å². The molecule has 2 rings (SSSR count). The topological polar surface area (TPSA) is 47.9 Å². The van der Waals surface area contributed by atoms with Crippen molar-refractivity contribution >= 4 is 0 Å². The van der Waals surface area contributed by atoms with Crippen molar-refractivity contribution in [2.75, 3.05) is 27.4 Å². The van der Waals surface area contributed by atoms with Crippen LogP contribution in [-0.4, -0.2) is 32.5 Å². The molecule has 0 fully saturated rings. The monoisotopic (exact) mass is 252 g/mol. The largest absolute Gasteiger partial charge is 0.493 e. The van der Waals surface area contributed by atoms with E-state index < -0.39 is 5.60 Å². The second-order valence-corrected chi connectivity index (χ2v) is 4.67. The normalized spacial score (nSPS) is 22.4. The van der Waals surface area contributed by atoms with Crippen LogP contribution in [-0.2, 0) is 16.8 Å². The van der Waals surface area contributed by atoms with E-state index in [-0.39, 0.29) is 6.61 Å². The van der Waals surface area contributed by atoms with Crippen molar-refractivity contribution in [2.45, 2.75) is 25.4 Å². The number of methoxy groups -OCH3 is 2. The van der Waals surface area contributed by atoms with Gasteiger partial charge in [0.2, 0.25) is 0 Å². The zero-order chi connectivity index (χ0) is 13.2. The van der Waals surface area contributed by atoms with Gasteiger partial charge in [0, 0.05) is 13.0 Å². The quantitative estimate of drug-likeness (QED) is 0.888. The number of rotatable bonds is 4. The van der Waals surface area contributed by atoms with E-state index >= 15 is 0 Å². The highest BCUT2D eigenvalue weighted by Gasteiger charge is 2.33. The molecule has 4 heteroatoms. The molecule has 0 saturated carbocycles. The van der Waals surface area contributed by atoms with Gasteiger partial charge in [-0.25, -0.2) is 0 Å². The lowest BCUT2D eigenvalue weighted by atomic mass is 9.85. The molecule has 100 valence electrons. The Morgan fingerprint density at radius 2 is 1.94 bits per heavy atom. The zero-order valence-electron chi connectivity index (χ0n) is 11.2. The molecule has 0 amide bonds. The van der Waals surface area contributed by atoms with Gasteiger partial charge in [-0.05, 0) is 36.6 Å². The first-order valence-electron chi connectivity index (χ1n) is 6.15. The molecular formula is C14H20O4. The number of benzene rings is 1. The van der Waals surface area contributed by atoms with Crippen LogP contribution < -0.4 is 9.47 Å². The molecule has 18 heavy (non-hydrogen) atoms. The molecule has 0 spiro atoms. The molecule has 1 aliphatic heterocycles. The number of fused-ring (bicyclic) bond motifs is 1. The van der Waals surface area contributed by atoms with Crippen LogP contribution in [0.3, 0.4) is 0 Å². The first-order valence-corrected chi connectivity index (χ1v) is 6.15. The van der Waals surface area contributed by atoms with E-state index in [1.165, 1.54) is 5.56 Å². The molecule has 0 aliphatic carbocycles. The third kappa shape index (κ3) is 2.18. The van der Waals surface area contributed by atoms with Crippen molar-refractivity contribution in [3.05, 3.63) is 23.3 Å². The van der Waals surface area contributed by atoms with E-state index in [0.717, 1.165) is 17.7 Å². The summed E-state index contributed by atoms with van der Waals surface area (Å²) in [4.78, 5) is 0. The van der Waals surface area contributed by atoms with Crippen LogP contribution in [0.4, 0.5) is 0 Å². The van der Waals surface area contributed by atoms with Gasteiger partial charge in [0.05, 0.1) is 26.4 Å². The number of aliphatic hydroxyl groups excluding tert-OH is 1. The van der Waals surface area contributed by atoms with E-state index in [1.807, 2.05) is 19.1 Å². The summed E-state index contributed by atoms with van der Waals surface area (Å²) < 4.78 is 16.5. The maximum Gasteiger partial charge on any atom is 0.161 e. The van der Waals surface area contributed by atoms with Gasteiger partial charge in [-0.15, -0.1) is 0 Å². The average Bonchev–Trinajstić information content (AvgIpc) is 2.38. The third-order valence-corrected chi connectivity index (χ3v) is 3.56. The molecule has 4 nitrogen and oxygen atoms in total. The Bertz CT molecular complexity index is 430. The molecule has 1 atom stereocenters. The molecule has 0 saturated heterocycles. The second kappa shape index (κ2) is 5.16. The van der Waals surface area contributed by atoms with Gasteiger partial charge in [-0.1, -0.05) is 0 Å². The third-order valence-electron chi connectivity index (χ3n) is 3.56. The summed E-state index contributed by atoms with van der Waals surface area (Å²) >= 11 is 0. The lowest BCUT2D eigenvalue weighted by molar-refractivity contribution is -0.0607. The van der Waals surface area contributed by atoms with E-state index in [1.54, 1.807) is 14.2 Å². The van der Waals surface area contributed by atoms with Gasteiger partial charge in [0.25, 0.3) is 0 Å².